The highest BCUT2D eigenvalue weighted by atomic mass is 16.2. The predicted octanol–water partition coefficient (Wildman–Crippen LogP) is 2.38. The van der Waals surface area contributed by atoms with Crippen molar-refractivity contribution in [2.75, 3.05) is 19.6 Å². The van der Waals surface area contributed by atoms with Gasteiger partial charge in [-0.25, -0.2) is 9.50 Å². The Bertz CT molecular complexity index is 1020. The van der Waals surface area contributed by atoms with Gasteiger partial charge in [0.25, 0.3) is 5.91 Å². The molecule has 2 aliphatic heterocycles. The molecule has 1 aromatic carbocycles. The zero-order valence-corrected chi connectivity index (χ0v) is 16.2. The van der Waals surface area contributed by atoms with Crippen molar-refractivity contribution in [1.29, 1.82) is 0 Å². The molecular formula is C22H23N5O2. The molecule has 5 rings (SSSR count). The summed E-state index contributed by atoms with van der Waals surface area (Å²) >= 11 is 0. The summed E-state index contributed by atoms with van der Waals surface area (Å²) in [4.78, 5) is 33.6. The third kappa shape index (κ3) is 3.37. The second kappa shape index (κ2) is 6.99. The van der Waals surface area contributed by atoms with E-state index < -0.39 is 0 Å². The quantitative estimate of drug-likeness (QED) is 0.690. The lowest BCUT2D eigenvalue weighted by Gasteiger charge is -2.38. The van der Waals surface area contributed by atoms with Gasteiger partial charge in [0.1, 0.15) is 0 Å². The van der Waals surface area contributed by atoms with E-state index in [4.69, 9.17) is 0 Å². The monoisotopic (exact) mass is 389 g/mol. The van der Waals surface area contributed by atoms with Crippen molar-refractivity contribution in [1.82, 2.24) is 24.4 Å². The molecule has 2 saturated heterocycles. The number of nitrogens with zero attached hydrogens (tertiary/aromatic N) is 5. The third-order valence-corrected chi connectivity index (χ3v) is 6.19. The highest BCUT2D eigenvalue weighted by Gasteiger charge is 2.45. The molecule has 2 fully saturated rings. The molecule has 29 heavy (non-hydrogen) atoms. The van der Waals surface area contributed by atoms with Crippen LogP contribution in [0.4, 0.5) is 0 Å². The molecule has 2 aliphatic rings. The molecule has 0 saturated carbocycles. The Hall–Kier alpha value is -3.22. The molecule has 0 atom stereocenters. The Balaban J connectivity index is 1.24. The normalized spacial score (nSPS) is 18.7. The molecule has 148 valence electrons. The van der Waals surface area contributed by atoms with E-state index in [0.29, 0.717) is 37.4 Å². The number of hydrogen-bond acceptors (Lipinski definition) is 4. The minimum atomic E-state index is -0.0594. The van der Waals surface area contributed by atoms with Gasteiger partial charge in [-0.05, 0) is 24.5 Å². The van der Waals surface area contributed by atoms with Crippen LogP contribution in [-0.2, 0) is 11.3 Å². The summed E-state index contributed by atoms with van der Waals surface area (Å²) in [6.45, 7) is 2.76. The predicted molar refractivity (Wildman–Crippen MR) is 107 cm³/mol. The molecule has 2 amide bonds. The first-order valence-corrected chi connectivity index (χ1v) is 10.0. The SMILES string of the molecule is O=C1CC2(CCN(C(=O)c3cc4ncccn4n3)CC2)CN1Cc1ccccc1. The maximum atomic E-state index is 12.9. The maximum Gasteiger partial charge on any atom is 0.274 e. The van der Waals surface area contributed by atoms with Crippen LogP contribution in [0.3, 0.4) is 0 Å². The molecule has 1 spiro atoms. The van der Waals surface area contributed by atoms with Crippen LogP contribution in [-0.4, -0.2) is 55.8 Å². The Labute approximate surface area is 168 Å². The van der Waals surface area contributed by atoms with Crippen LogP contribution in [0.25, 0.3) is 5.65 Å². The topological polar surface area (TPSA) is 70.8 Å². The van der Waals surface area contributed by atoms with E-state index in [9.17, 15) is 9.59 Å². The van der Waals surface area contributed by atoms with Gasteiger partial charge in [0.15, 0.2) is 11.3 Å². The summed E-state index contributed by atoms with van der Waals surface area (Å²) in [5.41, 5.74) is 2.24. The summed E-state index contributed by atoms with van der Waals surface area (Å²) in [7, 11) is 0. The van der Waals surface area contributed by atoms with E-state index >= 15 is 0 Å². The van der Waals surface area contributed by atoms with E-state index in [1.807, 2.05) is 28.0 Å². The minimum Gasteiger partial charge on any atom is -0.338 e. The van der Waals surface area contributed by atoms with Gasteiger partial charge in [-0.1, -0.05) is 30.3 Å². The number of amides is 2. The fourth-order valence-electron chi connectivity index (χ4n) is 4.55. The second-order valence-corrected chi connectivity index (χ2v) is 8.16. The average molecular weight is 389 g/mol. The standard InChI is InChI=1S/C22H23N5O2/c28-20-14-22(16-26(20)15-17-5-2-1-3-6-17)7-11-25(12-8-22)21(29)18-13-19-23-9-4-10-27(19)24-18/h1-6,9-10,13H,7-8,11-12,14-16H2. The number of carbonyl (C=O) groups excluding carboxylic acids is 2. The summed E-state index contributed by atoms with van der Waals surface area (Å²) < 4.78 is 1.62. The fraction of sp³-hybridized carbons (Fsp3) is 0.364. The van der Waals surface area contributed by atoms with Gasteiger partial charge in [0, 0.05) is 56.5 Å². The molecule has 0 aliphatic carbocycles. The lowest BCUT2D eigenvalue weighted by Crippen LogP contribution is -2.44. The van der Waals surface area contributed by atoms with Gasteiger partial charge in [-0.3, -0.25) is 9.59 Å². The fourth-order valence-corrected chi connectivity index (χ4v) is 4.55. The summed E-state index contributed by atoms with van der Waals surface area (Å²) in [6, 6.07) is 13.6. The van der Waals surface area contributed by atoms with Crippen LogP contribution >= 0.6 is 0 Å². The number of piperidine rings is 1. The van der Waals surface area contributed by atoms with Crippen molar-refractivity contribution in [3.63, 3.8) is 0 Å². The molecular weight excluding hydrogens is 366 g/mol. The van der Waals surface area contributed by atoms with Crippen LogP contribution < -0.4 is 0 Å². The summed E-state index contributed by atoms with van der Waals surface area (Å²) in [6.07, 6.45) is 5.76. The smallest absolute Gasteiger partial charge is 0.274 e. The lowest BCUT2D eigenvalue weighted by atomic mass is 9.77. The van der Waals surface area contributed by atoms with E-state index in [0.717, 1.165) is 24.9 Å². The van der Waals surface area contributed by atoms with Crippen LogP contribution in [0.5, 0.6) is 0 Å². The number of likely N-dealkylation sites (tertiary alicyclic amines) is 2. The van der Waals surface area contributed by atoms with Gasteiger partial charge in [-0.15, -0.1) is 0 Å². The molecule has 0 bridgehead atoms. The van der Waals surface area contributed by atoms with Crippen LogP contribution in [0.15, 0.2) is 54.9 Å². The summed E-state index contributed by atoms with van der Waals surface area (Å²) in [5.74, 6) is 0.163. The largest absolute Gasteiger partial charge is 0.338 e. The van der Waals surface area contributed by atoms with Gasteiger partial charge in [0.2, 0.25) is 5.91 Å². The van der Waals surface area contributed by atoms with Crippen molar-refractivity contribution < 1.29 is 9.59 Å². The number of hydrogen-bond donors (Lipinski definition) is 0. The first kappa shape index (κ1) is 17.8. The third-order valence-electron chi connectivity index (χ3n) is 6.19. The first-order valence-electron chi connectivity index (χ1n) is 10.0. The van der Waals surface area contributed by atoms with Gasteiger partial charge >= 0.3 is 0 Å². The zero-order chi connectivity index (χ0) is 19.8. The molecule has 7 heteroatoms. The molecule has 0 radical (unpaired) electrons. The number of aromatic nitrogens is 3. The Kier molecular flexibility index (Phi) is 4.30. The first-order chi connectivity index (χ1) is 14.1. The number of benzene rings is 1. The molecule has 4 heterocycles. The van der Waals surface area contributed by atoms with Crippen molar-refractivity contribution >= 4 is 17.5 Å². The Morgan fingerprint density at radius 3 is 2.66 bits per heavy atom. The van der Waals surface area contributed by atoms with Crippen molar-refractivity contribution in [2.45, 2.75) is 25.8 Å². The van der Waals surface area contributed by atoms with Crippen LogP contribution in [0.1, 0.15) is 35.3 Å². The van der Waals surface area contributed by atoms with Gasteiger partial charge < -0.3 is 9.80 Å². The molecule has 7 nitrogen and oxygen atoms in total. The van der Waals surface area contributed by atoms with Crippen LogP contribution in [0.2, 0.25) is 0 Å². The maximum absolute atomic E-state index is 12.9. The molecule has 2 aromatic heterocycles. The van der Waals surface area contributed by atoms with Crippen molar-refractivity contribution in [2.24, 2.45) is 5.41 Å². The van der Waals surface area contributed by atoms with E-state index in [2.05, 4.69) is 22.2 Å². The zero-order valence-electron chi connectivity index (χ0n) is 16.2. The van der Waals surface area contributed by atoms with Gasteiger partial charge in [0.05, 0.1) is 0 Å². The summed E-state index contributed by atoms with van der Waals surface area (Å²) in [5, 5.41) is 4.35. The Morgan fingerprint density at radius 1 is 1.10 bits per heavy atom. The van der Waals surface area contributed by atoms with E-state index in [1.165, 1.54) is 0 Å². The lowest BCUT2D eigenvalue weighted by molar-refractivity contribution is -0.128. The molecule has 3 aromatic rings. The Morgan fingerprint density at radius 2 is 1.90 bits per heavy atom. The number of fused-ring (bicyclic) bond motifs is 1. The molecule has 0 N–H and O–H groups in total. The second-order valence-electron chi connectivity index (χ2n) is 8.16. The van der Waals surface area contributed by atoms with E-state index in [1.54, 1.807) is 29.0 Å². The molecule has 0 unspecified atom stereocenters. The number of rotatable bonds is 3. The van der Waals surface area contributed by atoms with Crippen molar-refractivity contribution in [3.8, 4) is 0 Å². The highest BCUT2D eigenvalue weighted by Crippen LogP contribution is 2.41. The van der Waals surface area contributed by atoms with E-state index in [-0.39, 0.29) is 17.2 Å². The number of carbonyl (C=O) groups is 2. The van der Waals surface area contributed by atoms with Gasteiger partial charge in [-0.2, -0.15) is 5.10 Å². The average Bonchev–Trinajstić information content (AvgIpc) is 3.30. The van der Waals surface area contributed by atoms with Crippen LogP contribution in [0, 0.1) is 5.41 Å². The van der Waals surface area contributed by atoms with Crippen molar-refractivity contribution in [3.05, 3.63) is 66.1 Å². The minimum absolute atomic E-state index is 0.0108. The highest BCUT2D eigenvalue weighted by molar-refractivity contribution is 5.93.